The molecule has 0 saturated carbocycles. The van der Waals surface area contributed by atoms with E-state index in [1.807, 2.05) is 0 Å². The second-order valence-electron chi connectivity index (χ2n) is 6.41. The van der Waals surface area contributed by atoms with Crippen molar-refractivity contribution in [2.45, 2.75) is 12.5 Å². The van der Waals surface area contributed by atoms with Crippen molar-refractivity contribution < 1.29 is 34.1 Å². The normalized spacial score (nSPS) is 16.3. The van der Waals surface area contributed by atoms with Gasteiger partial charge in [0.1, 0.15) is 18.1 Å². The molecular weight excluding hydrogens is 380 g/mol. The quantitative estimate of drug-likeness (QED) is 0.663. The summed E-state index contributed by atoms with van der Waals surface area (Å²) < 4.78 is 11.1. The molecule has 2 N–H and O–H groups in total. The molecule has 0 aliphatic carbocycles. The van der Waals surface area contributed by atoms with Gasteiger partial charge in [0.25, 0.3) is 5.91 Å². The van der Waals surface area contributed by atoms with Gasteiger partial charge in [-0.3, -0.25) is 19.4 Å². The van der Waals surface area contributed by atoms with Gasteiger partial charge in [0.2, 0.25) is 0 Å². The summed E-state index contributed by atoms with van der Waals surface area (Å²) in [7, 11) is 0. The molecule has 1 aliphatic rings. The van der Waals surface area contributed by atoms with Crippen molar-refractivity contribution in [3.05, 3.63) is 53.3 Å². The maximum absolute atomic E-state index is 13.1. The average molecular weight is 400 g/mol. The van der Waals surface area contributed by atoms with E-state index in [4.69, 9.17) is 14.6 Å². The van der Waals surface area contributed by atoms with Crippen molar-refractivity contribution in [1.29, 1.82) is 0 Å². The Hall–Kier alpha value is -3.46. The second kappa shape index (κ2) is 9.16. The van der Waals surface area contributed by atoms with Crippen molar-refractivity contribution in [2.24, 2.45) is 0 Å². The first-order chi connectivity index (χ1) is 14.0. The number of phenolic OH excluding ortho intramolecular Hbond substituents is 1. The number of nitrogens with zero attached hydrogens (tertiary/aromatic N) is 2. The number of benzene rings is 1. The number of aromatic hydroxyl groups is 1. The van der Waals surface area contributed by atoms with Gasteiger partial charge in [-0.05, 0) is 24.3 Å². The van der Waals surface area contributed by atoms with Crippen LogP contribution in [0, 0.1) is 0 Å². The molecule has 1 atom stereocenters. The highest BCUT2D eigenvalue weighted by Gasteiger charge is 2.30. The van der Waals surface area contributed by atoms with Crippen LogP contribution in [0.25, 0.3) is 0 Å². The highest BCUT2D eigenvalue weighted by Crippen LogP contribution is 2.26. The predicted octanol–water partition coefficient (Wildman–Crippen LogP) is 1.15. The number of hydrogen-bond acceptors (Lipinski definition) is 7. The number of hydrogen-bond donors (Lipinski definition) is 2. The third kappa shape index (κ3) is 4.69. The molecular formula is C20H20N2O7. The van der Waals surface area contributed by atoms with E-state index >= 15 is 0 Å². The molecule has 1 saturated heterocycles. The van der Waals surface area contributed by atoms with Gasteiger partial charge in [-0.15, -0.1) is 0 Å². The van der Waals surface area contributed by atoms with E-state index in [-0.39, 0.29) is 53.9 Å². The summed E-state index contributed by atoms with van der Waals surface area (Å²) in [6.07, 6.45) is 1.58. The highest BCUT2D eigenvalue weighted by molar-refractivity contribution is 5.96. The van der Waals surface area contributed by atoms with Gasteiger partial charge in [-0.25, -0.2) is 0 Å². The maximum atomic E-state index is 13.1. The third-order valence-electron chi connectivity index (χ3n) is 4.52. The SMILES string of the molecule is O=Cc1c(O)cccc1OC[C@@H]1COCCN1C(=O)c1cccnc1CC(=O)O. The molecule has 1 aromatic heterocycles. The summed E-state index contributed by atoms with van der Waals surface area (Å²) in [6.45, 7) is 0.886. The van der Waals surface area contributed by atoms with Crippen LogP contribution >= 0.6 is 0 Å². The first-order valence-corrected chi connectivity index (χ1v) is 8.95. The second-order valence-corrected chi connectivity index (χ2v) is 6.41. The number of morpholine rings is 1. The number of ether oxygens (including phenoxy) is 2. The molecule has 0 bridgehead atoms. The summed E-state index contributed by atoms with van der Waals surface area (Å²) in [5.74, 6) is -1.44. The number of aldehydes is 1. The number of aromatic nitrogens is 1. The van der Waals surface area contributed by atoms with E-state index in [2.05, 4.69) is 4.98 Å². The van der Waals surface area contributed by atoms with Gasteiger partial charge in [-0.1, -0.05) is 6.07 Å². The molecule has 1 amide bonds. The van der Waals surface area contributed by atoms with Crippen molar-refractivity contribution in [1.82, 2.24) is 9.88 Å². The number of phenols is 1. The number of amides is 1. The summed E-state index contributed by atoms with van der Waals surface area (Å²) in [5, 5.41) is 18.8. The fourth-order valence-electron chi connectivity index (χ4n) is 3.09. The zero-order valence-electron chi connectivity index (χ0n) is 15.5. The smallest absolute Gasteiger partial charge is 0.309 e. The largest absolute Gasteiger partial charge is 0.507 e. The fourth-order valence-corrected chi connectivity index (χ4v) is 3.09. The van der Waals surface area contributed by atoms with Gasteiger partial charge in [-0.2, -0.15) is 0 Å². The molecule has 29 heavy (non-hydrogen) atoms. The zero-order valence-corrected chi connectivity index (χ0v) is 15.5. The average Bonchev–Trinajstić information content (AvgIpc) is 2.72. The highest BCUT2D eigenvalue weighted by atomic mass is 16.5. The van der Waals surface area contributed by atoms with Crippen LogP contribution in [0.15, 0.2) is 36.5 Å². The summed E-state index contributed by atoms with van der Waals surface area (Å²) in [4.78, 5) is 40.9. The van der Waals surface area contributed by atoms with Crippen LogP contribution < -0.4 is 4.74 Å². The summed E-state index contributed by atoms with van der Waals surface area (Å²) >= 11 is 0. The zero-order chi connectivity index (χ0) is 20.8. The van der Waals surface area contributed by atoms with Crippen LogP contribution in [-0.4, -0.2) is 70.7 Å². The van der Waals surface area contributed by atoms with Crippen molar-refractivity contribution in [3.8, 4) is 11.5 Å². The molecule has 1 aromatic carbocycles. The minimum Gasteiger partial charge on any atom is -0.507 e. The Morgan fingerprint density at radius 2 is 2.14 bits per heavy atom. The number of carboxylic acid groups (broad SMARTS) is 1. The Labute approximate surface area is 166 Å². The Morgan fingerprint density at radius 1 is 1.31 bits per heavy atom. The Bertz CT molecular complexity index is 915. The van der Waals surface area contributed by atoms with E-state index in [0.29, 0.717) is 19.4 Å². The third-order valence-corrected chi connectivity index (χ3v) is 4.52. The number of rotatable bonds is 7. The van der Waals surface area contributed by atoms with E-state index in [1.54, 1.807) is 29.2 Å². The van der Waals surface area contributed by atoms with E-state index < -0.39 is 12.0 Å². The van der Waals surface area contributed by atoms with Gasteiger partial charge in [0.15, 0.2) is 6.29 Å². The number of carbonyl (C=O) groups excluding carboxylic acids is 2. The lowest BCUT2D eigenvalue weighted by Crippen LogP contribution is -2.51. The topological polar surface area (TPSA) is 126 Å². The molecule has 2 aromatic rings. The van der Waals surface area contributed by atoms with Crippen molar-refractivity contribution in [2.75, 3.05) is 26.4 Å². The molecule has 152 valence electrons. The molecule has 2 heterocycles. The fraction of sp³-hybridized carbons (Fsp3) is 0.300. The summed E-state index contributed by atoms with van der Waals surface area (Å²) in [6, 6.07) is 7.13. The first kappa shape index (κ1) is 20.3. The van der Waals surface area contributed by atoms with E-state index in [9.17, 15) is 19.5 Å². The Kier molecular flexibility index (Phi) is 6.40. The molecule has 1 fully saturated rings. The number of aliphatic carboxylic acids is 1. The van der Waals surface area contributed by atoms with Crippen LogP contribution in [0.3, 0.4) is 0 Å². The van der Waals surface area contributed by atoms with Crippen LogP contribution in [0.1, 0.15) is 26.4 Å². The summed E-state index contributed by atoms with van der Waals surface area (Å²) in [5.41, 5.74) is 0.429. The number of carbonyl (C=O) groups is 3. The Morgan fingerprint density at radius 3 is 2.90 bits per heavy atom. The van der Waals surface area contributed by atoms with Crippen LogP contribution in [0.5, 0.6) is 11.5 Å². The lowest BCUT2D eigenvalue weighted by molar-refractivity contribution is -0.136. The molecule has 0 spiro atoms. The first-order valence-electron chi connectivity index (χ1n) is 8.95. The maximum Gasteiger partial charge on any atom is 0.309 e. The van der Waals surface area contributed by atoms with E-state index in [0.717, 1.165) is 0 Å². The predicted molar refractivity (Wildman–Crippen MR) is 100 cm³/mol. The van der Waals surface area contributed by atoms with Crippen LogP contribution in [-0.2, 0) is 16.0 Å². The number of pyridine rings is 1. The Balaban J connectivity index is 1.78. The molecule has 3 rings (SSSR count). The molecule has 9 nitrogen and oxygen atoms in total. The van der Waals surface area contributed by atoms with Crippen molar-refractivity contribution in [3.63, 3.8) is 0 Å². The number of carboxylic acids is 1. The minimum atomic E-state index is -1.08. The lowest BCUT2D eigenvalue weighted by Gasteiger charge is -2.35. The van der Waals surface area contributed by atoms with Crippen LogP contribution in [0.4, 0.5) is 0 Å². The standard InChI is InChI=1S/C20H20N2O7/c23-10-15-17(24)4-1-5-18(15)29-12-13-11-28-8-7-22(13)20(27)14-3-2-6-21-16(14)9-19(25)26/h1-6,10,13,24H,7-9,11-12H2,(H,25,26)/t13-/m0/s1. The van der Waals surface area contributed by atoms with E-state index in [1.165, 1.54) is 12.3 Å². The lowest BCUT2D eigenvalue weighted by atomic mass is 10.1. The van der Waals surface area contributed by atoms with Gasteiger partial charge >= 0.3 is 5.97 Å². The minimum absolute atomic E-state index is 0.0260. The van der Waals surface area contributed by atoms with Crippen LogP contribution in [0.2, 0.25) is 0 Å². The van der Waals surface area contributed by atoms with Gasteiger partial charge in [0.05, 0.1) is 42.5 Å². The van der Waals surface area contributed by atoms with Crippen molar-refractivity contribution >= 4 is 18.2 Å². The van der Waals surface area contributed by atoms with Gasteiger partial charge < -0.3 is 24.6 Å². The molecule has 0 unspecified atom stereocenters. The molecule has 9 heteroatoms. The molecule has 0 radical (unpaired) electrons. The monoisotopic (exact) mass is 400 g/mol. The molecule has 1 aliphatic heterocycles. The van der Waals surface area contributed by atoms with Gasteiger partial charge in [0, 0.05) is 12.7 Å².